The molecule has 0 aliphatic carbocycles. The van der Waals surface area contributed by atoms with Crippen molar-refractivity contribution in [2.45, 2.75) is 0 Å². The molecule has 0 spiro atoms. The Balaban J connectivity index is 2.99. The number of aromatic amines is 1. The van der Waals surface area contributed by atoms with Gasteiger partial charge in [0.1, 0.15) is 5.15 Å². The first kappa shape index (κ1) is 7.37. The molecule has 0 aliphatic heterocycles. The van der Waals surface area contributed by atoms with Crippen molar-refractivity contribution in [3.8, 4) is 0 Å². The summed E-state index contributed by atoms with van der Waals surface area (Å²) in [5, 5.41) is 1.91. The van der Waals surface area contributed by atoms with E-state index in [9.17, 15) is 4.79 Å². The summed E-state index contributed by atoms with van der Waals surface area (Å²) in [4.78, 5) is 13.8. The van der Waals surface area contributed by atoms with Crippen LogP contribution in [0.3, 0.4) is 0 Å². The standard InChI is InChI=1S/C9H6ClNO/c10-8-5-6-3-1-2-4-7(6)9(12)11-8/h1-5H,(H,11,12). The molecule has 0 unspecified atom stereocenters. The number of aromatic nitrogens is 1. The van der Waals surface area contributed by atoms with Gasteiger partial charge in [-0.05, 0) is 17.5 Å². The fourth-order valence-corrected chi connectivity index (χ4v) is 1.38. The van der Waals surface area contributed by atoms with Crippen LogP contribution < -0.4 is 5.56 Å². The summed E-state index contributed by atoms with van der Waals surface area (Å²) in [6.45, 7) is 0. The molecule has 0 saturated heterocycles. The number of benzene rings is 1. The Morgan fingerprint density at radius 3 is 2.83 bits per heavy atom. The van der Waals surface area contributed by atoms with E-state index < -0.39 is 0 Å². The normalized spacial score (nSPS) is 10.4. The molecular formula is C9H6ClNO. The fraction of sp³-hybridized carbons (Fsp3) is 0. The van der Waals surface area contributed by atoms with Gasteiger partial charge in [0, 0.05) is 5.39 Å². The molecule has 12 heavy (non-hydrogen) atoms. The first-order chi connectivity index (χ1) is 5.77. The van der Waals surface area contributed by atoms with Crippen molar-refractivity contribution >= 4 is 22.4 Å². The number of nitrogens with one attached hydrogen (secondary N) is 1. The van der Waals surface area contributed by atoms with E-state index in [0.29, 0.717) is 10.5 Å². The zero-order chi connectivity index (χ0) is 8.55. The monoisotopic (exact) mass is 179 g/mol. The van der Waals surface area contributed by atoms with E-state index >= 15 is 0 Å². The predicted octanol–water partition coefficient (Wildman–Crippen LogP) is 2.18. The summed E-state index contributed by atoms with van der Waals surface area (Å²) in [5.41, 5.74) is -0.141. The van der Waals surface area contributed by atoms with Crippen LogP contribution in [-0.4, -0.2) is 4.98 Å². The number of pyridine rings is 1. The van der Waals surface area contributed by atoms with Gasteiger partial charge in [-0.1, -0.05) is 29.8 Å². The number of hydrogen-bond acceptors (Lipinski definition) is 1. The van der Waals surface area contributed by atoms with Gasteiger partial charge >= 0.3 is 0 Å². The molecule has 1 heterocycles. The van der Waals surface area contributed by atoms with Gasteiger partial charge in [0.05, 0.1) is 0 Å². The second-order valence-electron chi connectivity index (χ2n) is 2.53. The summed E-state index contributed by atoms with van der Waals surface area (Å²) >= 11 is 5.67. The maximum absolute atomic E-state index is 11.3. The molecule has 1 aromatic carbocycles. The van der Waals surface area contributed by atoms with E-state index in [-0.39, 0.29) is 5.56 Å². The van der Waals surface area contributed by atoms with Crippen LogP contribution in [0, 0.1) is 0 Å². The molecule has 0 amide bonds. The molecule has 0 atom stereocenters. The lowest BCUT2D eigenvalue weighted by Gasteiger charge is -1.95. The lowest BCUT2D eigenvalue weighted by Crippen LogP contribution is -2.04. The SMILES string of the molecule is O=c1[nH]c(Cl)cc2ccccc12. The molecule has 2 aromatic rings. The Morgan fingerprint density at radius 2 is 2.00 bits per heavy atom. The van der Waals surface area contributed by atoms with E-state index in [1.54, 1.807) is 12.1 Å². The van der Waals surface area contributed by atoms with Crippen molar-refractivity contribution < 1.29 is 0 Å². The van der Waals surface area contributed by atoms with Crippen LogP contribution in [0.4, 0.5) is 0 Å². The van der Waals surface area contributed by atoms with E-state index in [1.165, 1.54) is 0 Å². The second kappa shape index (κ2) is 2.64. The van der Waals surface area contributed by atoms with Crippen molar-refractivity contribution in [1.29, 1.82) is 0 Å². The average molecular weight is 180 g/mol. The zero-order valence-corrected chi connectivity index (χ0v) is 6.93. The molecule has 2 nitrogen and oxygen atoms in total. The van der Waals surface area contributed by atoms with E-state index in [1.807, 2.05) is 18.2 Å². The highest BCUT2D eigenvalue weighted by atomic mass is 35.5. The lowest BCUT2D eigenvalue weighted by molar-refractivity contribution is 1.28. The smallest absolute Gasteiger partial charge is 0.256 e. The van der Waals surface area contributed by atoms with Crippen LogP contribution in [0.5, 0.6) is 0 Å². The van der Waals surface area contributed by atoms with Gasteiger partial charge in [-0.3, -0.25) is 4.79 Å². The number of rotatable bonds is 0. The van der Waals surface area contributed by atoms with Crippen molar-refractivity contribution in [3.63, 3.8) is 0 Å². The molecule has 1 aromatic heterocycles. The molecule has 0 radical (unpaired) electrons. The van der Waals surface area contributed by atoms with Gasteiger partial charge < -0.3 is 4.98 Å². The van der Waals surface area contributed by atoms with Crippen molar-refractivity contribution in [2.75, 3.05) is 0 Å². The summed E-state index contributed by atoms with van der Waals surface area (Å²) in [6, 6.07) is 9.06. The molecule has 0 saturated carbocycles. The van der Waals surface area contributed by atoms with E-state index in [0.717, 1.165) is 5.39 Å². The van der Waals surface area contributed by atoms with E-state index in [2.05, 4.69) is 4.98 Å². The van der Waals surface area contributed by atoms with Gasteiger partial charge in [0.2, 0.25) is 0 Å². The molecule has 1 N–H and O–H groups in total. The van der Waals surface area contributed by atoms with Crippen LogP contribution in [0.2, 0.25) is 5.15 Å². The molecule has 3 heteroatoms. The van der Waals surface area contributed by atoms with Crippen LogP contribution in [0.1, 0.15) is 0 Å². The highest BCUT2D eigenvalue weighted by Crippen LogP contribution is 2.11. The van der Waals surface area contributed by atoms with Gasteiger partial charge in [0.25, 0.3) is 5.56 Å². The Morgan fingerprint density at radius 1 is 1.25 bits per heavy atom. The van der Waals surface area contributed by atoms with Crippen LogP contribution in [0.15, 0.2) is 35.1 Å². The third kappa shape index (κ3) is 1.10. The molecular weight excluding hydrogens is 174 g/mol. The highest BCUT2D eigenvalue weighted by molar-refractivity contribution is 6.30. The Kier molecular flexibility index (Phi) is 1.62. The minimum absolute atomic E-state index is 0.141. The van der Waals surface area contributed by atoms with Crippen molar-refractivity contribution in [3.05, 3.63) is 45.8 Å². The number of H-pyrrole nitrogens is 1. The molecule has 0 aliphatic rings. The predicted molar refractivity (Wildman–Crippen MR) is 49.6 cm³/mol. The third-order valence-corrected chi connectivity index (χ3v) is 1.92. The maximum atomic E-state index is 11.3. The summed E-state index contributed by atoms with van der Waals surface area (Å²) in [7, 11) is 0. The summed E-state index contributed by atoms with van der Waals surface area (Å²) in [5.74, 6) is 0. The first-order valence-corrected chi connectivity index (χ1v) is 3.93. The maximum Gasteiger partial charge on any atom is 0.256 e. The zero-order valence-electron chi connectivity index (χ0n) is 6.17. The molecule has 2 rings (SSSR count). The van der Waals surface area contributed by atoms with Gasteiger partial charge in [-0.25, -0.2) is 0 Å². The van der Waals surface area contributed by atoms with E-state index in [4.69, 9.17) is 11.6 Å². The number of halogens is 1. The number of fused-ring (bicyclic) bond motifs is 1. The first-order valence-electron chi connectivity index (χ1n) is 3.55. The average Bonchev–Trinajstić information content (AvgIpc) is 2.04. The highest BCUT2D eigenvalue weighted by Gasteiger charge is 1.97. The Bertz CT molecular complexity index is 475. The van der Waals surface area contributed by atoms with Gasteiger partial charge in [-0.15, -0.1) is 0 Å². The quantitative estimate of drug-likeness (QED) is 0.618. The van der Waals surface area contributed by atoms with Crippen LogP contribution in [0.25, 0.3) is 10.8 Å². The Labute approximate surface area is 73.8 Å². The molecule has 0 bridgehead atoms. The third-order valence-electron chi connectivity index (χ3n) is 1.72. The van der Waals surface area contributed by atoms with Crippen LogP contribution >= 0.6 is 11.6 Å². The van der Waals surface area contributed by atoms with Crippen molar-refractivity contribution in [2.24, 2.45) is 0 Å². The minimum Gasteiger partial charge on any atom is -0.312 e. The van der Waals surface area contributed by atoms with Crippen molar-refractivity contribution in [1.82, 2.24) is 4.98 Å². The summed E-state index contributed by atoms with van der Waals surface area (Å²) < 4.78 is 0. The fourth-order valence-electron chi connectivity index (χ4n) is 1.18. The van der Waals surface area contributed by atoms with Gasteiger partial charge in [0.15, 0.2) is 0 Å². The second-order valence-corrected chi connectivity index (χ2v) is 2.94. The molecule has 60 valence electrons. The number of hydrogen-bond donors (Lipinski definition) is 1. The topological polar surface area (TPSA) is 32.9 Å². The van der Waals surface area contributed by atoms with Gasteiger partial charge in [-0.2, -0.15) is 0 Å². The summed E-state index contributed by atoms with van der Waals surface area (Å²) in [6.07, 6.45) is 0. The lowest BCUT2D eigenvalue weighted by atomic mass is 10.2. The minimum atomic E-state index is -0.141. The molecule has 0 fully saturated rings. The van der Waals surface area contributed by atoms with Crippen LogP contribution in [-0.2, 0) is 0 Å². The Hall–Kier alpha value is -1.28. The largest absolute Gasteiger partial charge is 0.312 e.